The van der Waals surface area contributed by atoms with Crippen molar-refractivity contribution < 1.29 is 19.4 Å². The SMILES string of the molecule is CC(C)COC(=O)c1ccc2c(c1)N(C[C@H]1CC[C@@]1(C)CO)CCCCc1cc(Cl)ccc1CO2. The van der Waals surface area contributed by atoms with Gasteiger partial charge in [-0.05, 0) is 90.8 Å². The lowest BCUT2D eigenvalue weighted by Crippen LogP contribution is -2.47. The number of ether oxygens (including phenoxy) is 2. The van der Waals surface area contributed by atoms with Crippen LogP contribution in [0.1, 0.15) is 67.9 Å². The van der Waals surface area contributed by atoms with Gasteiger partial charge in [0.1, 0.15) is 12.4 Å². The van der Waals surface area contributed by atoms with Gasteiger partial charge in [-0.25, -0.2) is 4.79 Å². The summed E-state index contributed by atoms with van der Waals surface area (Å²) in [4.78, 5) is 15.1. The minimum Gasteiger partial charge on any atom is -0.487 e. The van der Waals surface area contributed by atoms with Crippen LogP contribution in [0.2, 0.25) is 5.02 Å². The number of fused-ring (bicyclic) bond motifs is 2. The van der Waals surface area contributed by atoms with E-state index in [1.54, 1.807) is 6.07 Å². The lowest BCUT2D eigenvalue weighted by Gasteiger charge is -2.48. The summed E-state index contributed by atoms with van der Waals surface area (Å²) in [6.07, 6.45) is 5.15. The monoisotopic (exact) mass is 499 g/mol. The number of halogens is 1. The van der Waals surface area contributed by atoms with E-state index in [1.807, 2.05) is 44.2 Å². The van der Waals surface area contributed by atoms with Gasteiger partial charge in [0, 0.05) is 24.7 Å². The maximum Gasteiger partial charge on any atom is 0.338 e. The first-order chi connectivity index (χ1) is 16.8. The second kappa shape index (κ2) is 11.2. The number of aliphatic hydroxyl groups is 1. The zero-order valence-corrected chi connectivity index (χ0v) is 21.9. The molecule has 5 nitrogen and oxygen atoms in total. The van der Waals surface area contributed by atoms with Crippen molar-refractivity contribution in [1.29, 1.82) is 0 Å². The molecule has 2 aromatic rings. The predicted octanol–water partition coefficient (Wildman–Crippen LogP) is 6.28. The highest BCUT2D eigenvalue weighted by Gasteiger charge is 2.43. The van der Waals surface area contributed by atoms with E-state index < -0.39 is 0 Å². The fourth-order valence-electron chi connectivity index (χ4n) is 5.02. The van der Waals surface area contributed by atoms with Crippen LogP contribution in [0, 0.1) is 17.3 Å². The van der Waals surface area contributed by atoms with Gasteiger partial charge in [0.25, 0.3) is 0 Å². The molecule has 0 aromatic heterocycles. The maximum absolute atomic E-state index is 12.8. The summed E-state index contributed by atoms with van der Waals surface area (Å²) in [6.45, 7) is 8.96. The third-order valence-electron chi connectivity index (χ3n) is 7.61. The Morgan fingerprint density at radius 3 is 2.77 bits per heavy atom. The standard InChI is InChI=1S/C29H38ClNO4/c1-20(2)17-35-28(33)22-8-10-27-26(15-22)31(16-24-11-12-29(24,3)19-32)13-5-4-6-21-14-25(30)9-7-23(21)18-34-27/h7-10,14-15,20,24,32H,4-6,11-13,16-19H2,1-3H3/t24-,29+/m1/s1. The minimum atomic E-state index is -0.306. The number of hydrogen-bond acceptors (Lipinski definition) is 5. The second-order valence-electron chi connectivity index (χ2n) is 10.8. The third-order valence-corrected chi connectivity index (χ3v) is 7.85. The molecule has 2 aliphatic rings. The third kappa shape index (κ3) is 6.13. The summed E-state index contributed by atoms with van der Waals surface area (Å²) in [5.41, 5.74) is 3.79. The van der Waals surface area contributed by atoms with Crippen molar-refractivity contribution in [3.8, 4) is 5.75 Å². The Labute approximate surface area is 214 Å². The smallest absolute Gasteiger partial charge is 0.338 e. The first kappa shape index (κ1) is 25.8. The summed E-state index contributed by atoms with van der Waals surface area (Å²) in [5, 5.41) is 10.7. The van der Waals surface area contributed by atoms with Crippen molar-refractivity contribution in [3.05, 3.63) is 58.1 Å². The van der Waals surface area contributed by atoms with E-state index in [1.165, 1.54) is 5.56 Å². The summed E-state index contributed by atoms with van der Waals surface area (Å²) >= 11 is 6.28. The second-order valence-corrected chi connectivity index (χ2v) is 11.3. The van der Waals surface area contributed by atoms with Crippen molar-refractivity contribution in [1.82, 2.24) is 0 Å². The Morgan fingerprint density at radius 2 is 2.06 bits per heavy atom. The highest BCUT2D eigenvalue weighted by Crippen LogP contribution is 2.47. The quantitative estimate of drug-likeness (QED) is 0.474. The van der Waals surface area contributed by atoms with Crippen molar-refractivity contribution in [2.75, 3.05) is 31.2 Å². The van der Waals surface area contributed by atoms with Gasteiger partial charge in [-0.3, -0.25) is 0 Å². The first-order valence-corrected chi connectivity index (χ1v) is 13.2. The highest BCUT2D eigenvalue weighted by molar-refractivity contribution is 6.30. The maximum atomic E-state index is 12.8. The Bertz CT molecular complexity index is 1040. The van der Waals surface area contributed by atoms with E-state index in [2.05, 4.69) is 11.8 Å². The predicted molar refractivity (Wildman–Crippen MR) is 140 cm³/mol. The molecule has 0 saturated heterocycles. The molecule has 2 aromatic carbocycles. The molecule has 1 aliphatic heterocycles. The number of rotatable bonds is 6. The molecule has 0 amide bonds. The fraction of sp³-hybridized carbons (Fsp3) is 0.552. The van der Waals surface area contributed by atoms with Crippen molar-refractivity contribution in [2.45, 2.75) is 59.5 Å². The van der Waals surface area contributed by atoms with E-state index in [9.17, 15) is 9.90 Å². The van der Waals surface area contributed by atoms with Crippen LogP contribution >= 0.6 is 11.6 Å². The summed E-state index contributed by atoms with van der Waals surface area (Å²) in [7, 11) is 0. The zero-order chi connectivity index (χ0) is 25.0. The number of anilines is 1. The van der Waals surface area contributed by atoms with Crippen molar-refractivity contribution >= 4 is 23.3 Å². The van der Waals surface area contributed by atoms with Gasteiger partial charge in [-0.2, -0.15) is 0 Å². The van der Waals surface area contributed by atoms with Gasteiger partial charge in [-0.15, -0.1) is 0 Å². The van der Waals surface area contributed by atoms with Crippen LogP contribution in [0.3, 0.4) is 0 Å². The van der Waals surface area contributed by atoms with Gasteiger partial charge < -0.3 is 19.5 Å². The minimum absolute atomic E-state index is 0.0476. The molecule has 4 rings (SSSR count). The molecule has 1 heterocycles. The van der Waals surface area contributed by atoms with E-state index in [-0.39, 0.29) is 23.9 Å². The number of nitrogens with zero attached hydrogens (tertiary/aromatic N) is 1. The molecule has 1 fully saturated rings. The lowest BCUT2D eigenvalue weighted by atomic mass is 9.61. The average Bonchev–Trinajstić information content (AvgIpc) is 2.87. The molecular formula is C29H38ClNO4. The summed E-state index contributed by atoms with van der Waals surface area (Å²) < 4.78 is 11.9. The van der Waals surface area contributed by atoms with Crippen LogP contribution in [-0.4, -0.2) is 37.4 Å². The number of benzene rings is 2. The molecule has 0 radical (unpaired) electrons. The molecule has 0 unspecified atom stereocenters. The van der Waals surface area contributed by atoms with Crippen LogP contribution < -0.4 is 9.64 Å². The molecule has 1 N–H and O–H groups in total. The molecule has 190 valence electrons. The number of aryl methyl sites for hydroxylation is 1. The number of aliphatic hydroxyl groups excluding tert-OH is 1. The van der Waals surface area contributed by atoms with Gasteiger partial charge in [0.05, 0.1) is 17.9 Å². The highest BCUT2D eigenvalue weighted by atomic mass is 35.5. The fourth-order valence-corrected chi connectivity index (χ4v) is 5.21. The van der Waals surface area contributed by atoms with Crippen LogP contribution in [0.5, 0.6) is 5.75 Å². The van der Waals surface area contributed by atoms with E-state index in [0.717, 1.165) is 67.2 Å². The molecule has 0 spiro atoms. The number of carbonyl (C=O) groups is 1. The Hall–Kier alpha value is -2.24. The largest absolute Gasteiger partial charge is 0.487 e. The Balaban J connectivity index is 1.66. The van der Waals surface area contributed by atoms with Crippen molar-refractivity contribution in [2.24, 2.45) is 17.3 Å². The van der Waals surface area contributed by atoms with Gasteiger partial charge in [-0.1, -0.05) is 38.4 Å². The van der Waals surface area contributed by atoms with E-state index in [0.29, 0.717) is 24.7 Å². The molecule has 1 aliphatic carbocycles. The molecule has 0 bridgehead atoms. The summed E-state index contributed by atoms with van der Waals surface area (Å²) in [5.74, 6) is 1.14. The average molecular weight is 500 g/mol. The van der Waals surface area contributed by atoms with Crippen LogP contribution in [0.15, 0.2) is 36.4 Å². The number of hydrogen-bond donors (Lipinski definition) is 1. The summed E-state index contributed by atoms with van der Waals surface area (Å²) in [6, 6.07) is 11.6. The topological polar surface area (TPSA) is 59.0 Å². The Kier molecular flexibility index (Phi) is 8.28. The molecule has 6 heteroatoms. The molecule has 35 heavy (non-hydrogen) atoms. The van der Waals surface area contributed by atoms with Crippen LogP contribution in [0.4, 0.5) is 5.69 Å². The van der Waals surface area contributed by atoms with Crippen LogP contribution in [-0.2, 0) is 17.8 Å². The van der Waals surface area contributed by atoms with Gasteiger partial charge in [0.15, 0.2) is 0 Å². The molecular weight excluding hydrogens is 462 g/mol. The molecule has 2 atom stereocenters. The van der Waals surface area contributed by atoms with E-state index in [4.69, 9.17) is 21.1 Å². The van der Waals surface area contributed by atoms with E-state index >= 15 is 0 Å². The Morgan fingerprint density at radius 1 is 1.23 bits per heavy atom. The first-order valence-electron chi connectivity index (χ1n) is 12.9. The zero-order valence-electron chi connectivity index (χ0n) is 21.2. The number of esters is 1. The van der Waals surface area contributed by atoms with Gasteiger partial charge >= 0.3 is 5.97 Å². The van der Waals surface area contributed by atoms with Gasteiger partial charge in [0.2, 0.25) is 0 Å². The number of carbonyl (C=O) groups excluding carboxylic acids is 1. The normalized spacial score (nSPS) is 22.3. The lowest BCUT2D eigenvalue weighted by molar-refractivity contribution is -0.00541. The molecule has 1 saturated carbocycles. The van der Waals surface area contributed by atoms with Crippen LogP contribution in [0.25, 0.3) is 0 Å². The van der Waals surface area contributed by atoms with Crippen molar-refractivity contribution in [3.63, 3.8) is 0 Å².